The van der Waals surface area contributed by atoms with Crippen molar-refractivity contribution in [2.24, 2.45) is 5.73 Å². The Bertz CT molecular complexity index is 575. The summed E-state index contributed by atoms with van der Waals surface area (Å²) in [6.07, 6.45) is 3.35. The molecule has 23 heavy (non-hydrogen) atoms. The van der Waals surface area contributed by atoms with Crippen molar-refractivity contribution >= 4 is 24.0 Å². The van der Waals surface area contributed by atoms with Crippen LogP contribution in [-0.2, 0) is 11.3 Å². The summed E-state index contributed by atoms with van der Waals surface area (Å²) in [7, 11) is 0. The number of hydrogen-bond donors (Lipinski definition) is 1. The van der Waals surface area contributed by atoms with Gasteiger partial charge in [0.05, 0.1) is 11.5 Å². The summed E-state index contributed by atoms with van der Waals surface area (Å²) in [6, 6.07) is 0.121. The molecule has 9 heteroatoms. The average molecular weight is 346 g/mol. The Morgan fingerprint density at radius 1 is 1.43 bits per heavy atom. The molecule has 1 aliphatic rings. The Balaban J connectivity index is 0.00000264. The van der Waals surface area contributed by atoms with E-state index in [2.05, 4.69) is 5.10 Å². The van der Waals surface area contributed by atoms with Crippen LogP contribution >= 0.6 is 12.4 Å². The molecular weight excluding hydrogens is 322 g/mol. The van der Waals surface area contributed by atoms with E-state index in [0.717, 1.165) is 25.8 Å². The average Bonchev–Trinajstić information content (AvgIpc) is 2.78. The standard InChI is InChI=1S/C14H23N5O3.ClH/c1-10-14(19(21)22)11(2)18(16-10)8-6-13(20)17-7-4-3-5-12(17)9-15;/h12H,3-9,15H2,1-2H3;1H. The molecule has 0 bridgehead atoms. The van der Waals surface area contributed by atoms with E-state index in [0.29, 0.717) is 24.5 Å². The first-order valence-corrected chi connectivity index (χ1v) is 7.63. The van der Waals surface area contributed by atoms with Crippen molar-refractivity contribution in [3.63, 3.8) is 0 Å². The second-order valence-electron chi connectivity index (χ2n) is 5.72. The molecule has 1 aromatic heterocycles. The predicted molar refractivity (Wildman–Crippen MR) is 88.6 cm³/mol. The summed E-state index contributed by atoms with van der Waals surface area (Å²) in [4.78, 5) is 24.8. The maximum atomic E-state index is 12.4. The van der Waals surface area contributed by atoms with Gasteiger partial charge in [-0.3, -0.25) is 19.6 Å². The monoisotopic (exact) mass is 345 g/mol. The molecule has 0 radical (unpaired) electrons. The van der Waals surface area contributed by atoms with E-state index in [-0.39, 0.29) is 36.5 Å². The van der Waals surface area contributed by atoms with Crippen LogP contribution in [0.2, 0.25) is 0 Å². The molecular formula is C14H24ClN5O3. The third-order valence-electron chi connectivity index (χ3n) is 4.28. The lowest BCUT2D eigenvalue weighted by Gasteiger charge is -2.35. The summed E-state index contributed by atoms with van der Waals surface area (Å²) < 4.78 is 1.55. The number of halogens is 1. The highest BCUT2D eigenvalue weighted by Gasteiger charge is 2.26. The summed E-state index contributed by atoms with van der Waals surface area (Å²) in [5.74, 6) is 0.0466. The minimum atomic E-state index is -0.426. The first kappa shape index (κ1) is 19.4. The highest BCUT2D eigenvalue weighted by molar-refractivity contribution is 5.85. The lowest BCUT2D eigenvalue weighted by molar-refractivity contribution is -0.386. The van der Waals surface area contributed by atoms with Gasteiger partial charge in [0.1, 0.15) is 11.4 Å². The van der Waals surface area contributed by atoms with Crippen LogP contribution in [0.15, 0.2) is 0 Å². The highest BCUT2D eigenvalue weighted by Crippen LogP contribution is 2.22. The van der Waals surface area contributed by atoms with Crippen LogP contribution in [0.3, 0.4) is 0 Å². The van der Waals surface area contributed by atoms with Gasteiger partial charge in [0.2, 0.25) is 5.91 Å². The lowest BCUT2D eigenvalue weighted by Crippen LogP contribution is -2.47. The van der Waals surface area contributed by atoms with Crippen molar-refractivity contribution < 1.29 is 9.72 Å². The van der Waals surface area contributed by atoms with Crippen LogP contribution in [-0.4, -0.2) is 44.6 Å². The SMILES string of the molecule is Cc1nn(CCC(=O)N2CCCCC2CN)c(C)c1[N+](=O)[O-].Cl. The smallest absolute Gasteiger partial charge is 0.312 e. The number of carbonyl (C=O) groups excluding carboxylic acids is 1. The Labute approximate surface area is 141 Å². The number of carbonyl (C=O) groups is 1. The van der Waals surface area contributed by atoms with Crippen molar-refractivity contribution in [2.75, 3.05) is 13.1 Å². The molecule has 0 saturated carbocycles. The zero-order chi connectivity index (χ0) is 16.3. The van der Waals surface area contributed by atoms with Gasteiger partial charge in [-0.2, -0.15) is 5.10 Å². The van der Waals surface area contributed by atoms with E-state index in [1.165, 1.54) is 0 Å². The molecule has 130 valence electrons. The number of amides is 1. The molecule has 1 aromatic rings. The van der Waals surface area contributed by atoms with E-state index in [9.17, 15) is 14.9 Å². The van der Waals surface area contributed by atoms with Gasteiger partial charge < -0.3 is 10.6 Å². The maximum Gasteiger partial charge on any atom is 0.312 e. The number of hydrogen-bond acceptors (Lipinski definition) is 5. The Morgan fingerprint density at radius 3 is 2.70 bits per heavy atom. The van der Waals surface area contributed by atoms with Gasteiger partial charge >= 0.3 is 5.69 Å². The number of nitrogens with zero attached hydrogens (tertiary/aromatic N) is 4. The van der Waals surface area contributed by atoms with E-state index in [1.54, 1.807) is 18.5 Å². The van der Waals surface area contributed by atoms with Gasteiger partial charge in [0.15, 0.2) is 0 Å². The van der Waals surface area contributed by atoms with Crippen LogP contribution < -0.4 is 5.73 Å². The molecule has 1 aliphatic heterocycles. The van der Waals surface area contributed by atoms with Crippen molar-refractivity contribution in [3.8, 4) is 0 Å². The second kappa shape index (κ2) is 8.26. The highest BCUT2D eigenvalue weighted by atomic mass is 35.5. The quantitative estimate of drug-likeness (QED) is 0.643. The van der Waals surface area contributed by atoms with E-state index >= 15 is 0 Å². The van der Waals surface area contributed by atoms with Gasteiger partial charge in [0.25, 0.3) is 0 Å². The summed E-state index contributed by atoms with van der Waals surface area (Å²) in [6.45, 7) is 4.85. The summed E-state index contributed by atoms with van der Waals surface area (Å²) in [5, 5.41) is 15.2. The Morgan fingerprint density at radius 2 is 2.13 bits per heavy atom. The van der Waals surface area contributed by atoms with Crippen molar-refractivity contribution in [1.29, 1.82) is 0 Å². The number of nitro groups is 1. The van der Waals surface area contributed by atoms with Gasteiger partial charge in [-0.05, 0) is 33.1 Å². The lowest BCUT2D eigenvalue weighted by atomic mass is 10.0. The molecule has 2 heterocycles. The normalized spacial score (nSPS) is 17.7. The molecule has 1 unspecified atom stereocenters. The Kier molecular flexibility index (Phi) is 6.96. The minimum Gasteiger partial charge on any atom is -0.338 e. The zero-order valence-electron chi connectivity index (χ0n) is 13.5. The fourth-order valence-electron chi connectivity index (χ4n) is 3.09. The molecule has 1 atom stereocenters. The summed E-state index contributed by atoms with van der Waals surface area (Å²) in [5.41, 5.74) is 6.64. The van der Waals surface area contributed by atoms with Crippen LogP contribution in [0.5, 0.6) is 0 Å². The molecule has 8 nitrogen and oxygen atoms in total. The topological polar surface area (TPSA) is 107 Å². The third-order valence-corrected chi connectivity index (χ3v) is 4.28. The Hall–Kier alpha value is -1.67. The second-order valence-corrected chi connectivity index (χ2v) is 5.72. The van der Waals surface area contributed by atoms with Crippen LogP contribution in [0.25, 0.3) is 0 Å². The first-order valence-electron chi connectivity index (χ1n) is 7.63. The number of piperidine rings is 1. The fourth-order valence-corrected chi connectivity index (χ4v) is 3.09. The fraction of sp³-hybridized carbons (Fsp3) is 0.714. The van der Waals surface area contributed by atoms with Crippen molar-refractivity contribution in [2.45, 2.75) is 52.1 Å². The van der Waals surface area contributed by atoms with Gasteiger partial charge in [-0.25, -0.2) is 0 Å². The first-order chi connectivity index (χ1) is 10.5. The van der Waals surface area contributed by atoms with Crippen LogP contribution in [0, 0.1) is 24.0 Å². The van der Waals surface area contributed by atoms with E-state index in [4.69, 9.17) is 5.73 Å². The van der Waals surface area contributed by atoms with E-state index < -0.39 is 4.92 Å². The molecule has 1 saturated heterocycles. The molecule has 0 aliphatic carbocycles. The summed E-state index contributed by atoms with van der Waals surface area (Å²) >= 11 is 0. The number of nitrogens with two attached hydrogens (primary N) is 1. The van der Waals surface area contributed by atoms with Crippen LogP contribution in [0.4, 0.5) is 5.69 Å². The van der Waals surface area contributed by atoms with Gasteiger partial charge in [0, 0.05) is 25.6 Å². The number of rotatable bonds is 5. The van der Waals surface area contributed by atoms with Gasteiger partial charge in [-0.15, -0.1) is 12.4 Å². The molecule has 0 aromatic carbocycles. The molecule has 1 amide bonds. The van der Waals surface area contributed by atoms with Crippen molar-refractivity contribution in [3.05, 3.63) is 21.5 Å². The zero-order valence-corrected chi connectivity index (χ0v) is 14.3. The number of aromatic nitrogens is 2. The van der Waals surface area contributed by atoms with Crippen molar-refractivity contribution in [1.82, 2.24) is 14.7 Å². The number of aryl methyl sites for hydroxylation is 2. The maximum absolute atomic E-state index is 12.4. The molecule has 0 spiro atoms. The van der Waals surface area contributed by atoms with Crippen LogP contribution in [0.1, 0.15) is 37.1 Å². The molecule has 1 fully saturated rings. The molecule has 2 rings (SSSR count). The third kappa shape index (κ3) is 4.20. The predicted octanol–water partition coefficient (Wildman–Crippen LogP) is 1.56. The minimum absolute atomic E-state index is 0. The van der Waals surface area contributed by atoms with Gasteiger partial charge in [-0.1, -0.05) is 0 Å². The molecule has 2 N–H and O–H groups in total. The largest absolute Gasteiger partial charge is 0.338 e. The van der Waals surface area contributed by atoms with E-state index in [1.807, 2.05) is 4.90 Å². The number of likely N-dealkylation sites (tertiary alicyclic amines) is 1.